The summed E-state index contributed by atoms with van der Waals surface area (Å²) in [6.45, 7) is 2.68. The number of ether oxygens (including phenoxy) is 1. The van der Waals surface area contributed by atoms with Gasteiger partial charge in [-0.3, -0.25) is 4.79 Å². The summed E-state index contributed by atoms with van der Waals surface area (Å²) in [6.07, 6.45) is 1.36. The monoisotopic (exact) mass is 475 g/mol. The van der Waals surface area contributed by atoms with E-state index in [-0.39, 0.29) is 30.2 Å². The van der Waals surface area contributed by atoms with E-state index in [9.17, 15) is 17.6 Å². The Kier molecular flexibility index (Phi) is 6.62. The molecule has 4 rings (SSSR count). The molecule has 2 heterocycles. The molecule has 13 heteroatoms. The van der Waals surface area contributed by atoms with Gasteiger partial charge in [0.15, 0.2) is 0 Å². The van der Waals surface area contributed by atoms with Gasteiger partial charge in [-0.05, 0) is 53.2 Å². The van der Waals surface area contributed by atoms with Crippen LogP contribution in [-0.2, 0) is 19.6 Å². The molecule has 0 bridgehead atoms. The number of carbonyl (C=O) groups is 1. The third kappa shape index (κ3) is 5.16. The predicted octanol–water partition coefficient (Wildman–Crippen LogP) is 1.18. The summed E-state index contributed by atoms with van der Waals surface area (Å²) >= 11 is 0. The molecule has 1 aliphatic heterocycles. The summed E-state index contributed by atoms with van der Waals surface area (Å²) in [5.74, 6) is -1.02. The number of nitrogens with one attached hydrogen (secondary N) is 2. The van der Waals surface area contributed by atoms with E-state index in [2.05, 4.69) is 26.2 Å². The van der Waals surface area contributed by atoms with Crippen LogP contribution in [0.5, 0.6) is 0 Å². The number of anilines is 2. The number of aromatic nitrogens is 4. The number of carbonyl (C=O) groups excluding carboxylic acids is 1. The molecule has 2 aromatic carbocycles. The average Bonchev–Trinajstić information content (AvgIpc) is 3.35. The normalized spacial score (nSPS) is 14.7. The Hall–Kier alpha value is -3.42. The minimum atomic E-state index is -3.72. The zero-order chi connectivity index (χ0) is 23.4. The molecule has 11 nitrogen and oxygen atoms in total. The number of morpholine rings is 1. The van der Waals surface area contributed by atoms with Gasteiger partial charge in [-0.2, -0.15) is 4.31 Å². The summed E-state index contributed by atoms with van der Waals surface area (Å²) in [4.78, 5) is 12.6. The summed E-state index contributed by atoms with van der Waals surface area (Å²) in [6, 6.07) is 8.88. The Balaban J connectivity index is 1.44. The number of aryl methyl sites for hydroxylation is 1. The van der Waals surface area contributed by atoms with E-state index in [1.807, 2.05) is 0 Å². The fourth-order valence-electron chi connectivity index (χ4n) is 3.33. The maximum atomic E-state index is 14.2. The van der Waals surface area contributed by atoms with Gasteiger partial charge in [0.25, 0.3) is 0 Å². The number of tetrazole rings is 1. The quantitative estimate of drug-likeness (QED) is 0.521. The summed E-state index contributed by atoms with van der Waals surface area (Å²) in [5.41, 5.74) is 1.50. The predicted molar refractivity (Wildman–Crippen MR) is 117 cm³/mol. The molecule has 0 saturated carbocycles. The minimum Gasteiger partial charge on any atom is -0.379 e. The number of hydrogen-bond donors (Lipinski definition) is 2. The van der Waals surface area contributed by atoms with Crippen LogP contribution in [0.15, 0.2) is 47.6 Å². The largest absolute Gasteiger partial charge is 0.379 e. The number of amides is 1. The number of hydrogen-bond acceptors (Lipinski definition) is 8. The molecule has 33 heavy (non-hydrogen) atoms. The van der Waals surface area contributed by atoms with Gasteiger partial charge in [0, 0.05) is 18.8 Å². The van der Waals surface area contributed by atoms with Gasteiger partial charge < -0.3 is 15.4 Å². The van der Waals surface area contributed by atoms with Crippen LogP contribution in [0.4, 0.5) is 15.8 Å². The summed E-state index contributed by atoms with van der Waals surface area (Å²) in [7, 11) is -3.72. The SMILES string of the molecule is Cc1ccc(NC(=O)CNc2cc(-n3cnnn3)ccc2F)cc1S(=O)(=O)N1CCOCC1. The van der Waals surface area contributed by atoms with E-state index < -0.39 is 21.7 Å². The van der Waals surface area contributed by atoms with Crippen molar-refractivity contribution in [2.24, 2.45) is 0 Å². The molecule has 0 atom stereocenters. The molecule has 2 N–H and O–H groups in total. The lowest BCUT2D eigenvalue weighted by molar-refractivity contribution is -0.114. The van der Waals surface area contributed by atoms with Gasteiger partial charge in [0.1, 0.15) is 12.1 Å². The second kappa shape index (κ2) is 9.60. The standard InChI is InChI=1S/C20H22FN7O4S/c1-14-2-3-15(10-19(14)33(30,31)27-6-8-32-9-7-27)24-20(29)12-22-18-11-16(4-5-17(18)21)28-13-23-25-26-28/h2-5,10-11,13,22H,6-9,12H2,1H3,(H,24,29). The fraction of sp³-hybridized carbons (Fsp3) is 0.300. The molecule has 1 saturated heterocycles. The first-order chi connectivity index (χ1) is 15.8. The van der Waals surface area contributed by atoms with Crippen molar-refractivity contribution in [3.63, 3.8) is 0 Å². The number of nitrogens with zero attached hydrogens (tertiary/aromatic N) is 5. The molecular weight excluding hydrogens is 453 g/mol. The second-order valence-electron chi connectivity index (χ2n) is 7.32. The second-order valence-corrected chi connectivity index (χ2v) is 9.22. The molecule has 174 valence electrons. The lowest BCUT2D eigenvalue weighted by atomic mass is 10.2. The molecular formula is C20H22FN7O4S. The van der Waals surface area contributed by atoms with Gasteiger partial charge in [0.2, 0.25) is 15.9 Å². The van der Waals surface area contributed by atoms with Crippen LogP contribution < -0.4 is 10.6 Å². The highest BCUT2D eigenvalue weighted by Gasteiger charge is 2.28. The van der Waals surface area contributed by atoms with Crippen LogP contribution >= 0.6 is 0 Å². The Morgan fingerprint density at radius 3 is 2.70 bits per heavy atom. The molecule has 0 unspecified atom stereocenters. The van der Waals surface area contributed by atoms with Crippen LogP contribution in [0, 0.1) is 12.7 Å². The topological polar surface area (TPSA) is 131 Å². The maximum Gasteiger partial charge on any atom is 0.243 e. The van der Waals surface area contributed by atoms with Crippen LogP contribution in [0.1, 0.15) is 5.56 Å². The Morgan fingerprint density at radius 2 is 1.97 bits per heavy atom. The van der Waals surface area contributed by atoms with Crippen molar-refractivity contribution in [1.82, 2.24) is 24.5 Å². The van der Waals surface area contributed by atoms with Crippen molar-refractivity contribution in [1.29, 1.82) is 0 Å². The highest BCUT2D eigenvalue weighted by Crippen LogP contribution is 2.24. The van der Waals surface area contributed by atoms with Gasteiger partial charge >= 0.3 is 0 Å². The Bertz CT molecular complexity index is 1250. The zero-order valence-electron chi connectivity index (χ0n) is 17.7. The molecule has 1 aromatic heterocycles. The summed E-state index contributed by atoms with van der Waals surface area (Å²) < 4.78 is 48.1. The van der Waals surface area contributed by atoms with Crippen molar-refractivity contribution in [2.45, 2.75) is 11.8 Å². The van der Waals surface area contributed by atoms with E-state index in [0.29, 0.717) is 30.2 Å². The fourth-order valence-corrected chi connectivity index (χ4v) is 4.99. The first kappa shape index (κ1) is 22.8. The van der Waals surface area contributed by atoms with E-state index in [1.54, 1.807) is 19.1 Å². The van der Waals surface area contributed by atoms with E-state index >= 15 is 0 Å². The van der Waals surface area contributed by atoms with E-state index in [0.717, 1.165) is 0 Å². The number of halogens is 1. The first-order valence-corrected chi connectivity index (χ1v) is 11.5. The van der Waals surface area contributed by atoms with Crippen molar-refractivity contribution in [3.05, 3.63) is 54.1 Å². The molecule has 1 amide bonds. The minimum absolute atomic E-state index is 0.0950. The Labute approximate surface area is 189 Å². The van der Waals surface area contributed by atoms with Gasteiger partial charge in [-0.25, -0.2) is 17.5 Å². The smallest absolute Gasteiger partial charge is 0.243 e. The lowest BCUT2D eigenvalue weighted by Crippen LogP contribution is -2.40. The molecule has 0 aliphatic carbocycles. The van der Waals surface area contributed by atoms with Gasteiger partial charge in [0.05, 0.1) is 36.0 Å². The molecule has 1 fully saturated rings. The third-order valence-electron chi connectivity index (χ3n) is 5.06. The van der Waals surface area contributed by atoms with Crippen molar-refractivity contribution in [3.8, 4) is 5.69 Å². The molecule has 0 spiro atoms. The van der Waals surface area contributed by atoms with Crippen molar-refractivity contribution in [2.75, 3.05) is 43.5 Å². The van der Waals surface area contributed by atoms with Crippen LogP contribution in [0.2, 0.25) is 0 Å². The highest BCUT2D eigenvalue weighted by molar-refractivity contribution is 7.89. The van der Waals surface area contributed by atoms with Gasteiger partial charge in [-0.15, -0.1) is 5.10 Å². The van der Waals surface area contributed by atoms with Crippen molar-refractivity contribution < 1.29 is 22.3 Å². The first-order valence-electron chi connectivity index (χ1n) is 10.1. The van der Waals surface area contributed by atoms with Crippen LogP contribution in [-0.4, -0.2) is 71.7 Å². The zero-order valence-corrected chi connectivity index (χ0v) is 18.5. The van der Waals surface area contributed by atoms with E-state index in [1.165, 1.54) is 39.6 Å². The molecule has 0 radical (unpaired) electrons. The summed E-state index contributed by atoms with van der Waals surface area (Å²) in [5, 5.41) is 16.2. The van der Waals surface area contributed by atoms with E-state index in [4.69, 9.17) is 4.74 Å². The third-order valence-corrected chi connectivity index (χ3v) is 7.10. The lowest BCUT2D eigenvalue weighted by Gasteiger charge is -2.26. The Morgan fingerprint density at radius 1 is 1.18 bits per heavy atom. The number of sulfonamides is 1. The van der Waals surface area contributed by atoms with Crippen LogP contribution in [0.25, 0.3) is 5.69 Å². The number of rotatable bonds is 7. The average molecular weight is 476 g/mol. The molecule has 1 aliphatic rings. The maximum absolute atomic E-state index is 14.2. The molecule has 3 aromatic rings. The van der Waals surface area contributed by atoms with Crippen LogP contribution in [0.3, 0.4) is 0 Å². The van der Waals surface area contributed by atoms with Gasteiger partial charge in [-0.1, -0.05) is 6.07 Å². The van der Waals surface area contributed by atoms with Crippen molar-refractivity contribution >= 4 is 27.3 Å². The number of benzene rings is 2. The highest BCUT2D eigenvalue weighted by atomic mass is 32.2.